The summed E-state index contributed by atoms with van der Waals surface area (Å²) in [6, 6.07) is 16.8. The van der Waals surface area contributed by atoms with Crippen molar-refractivity contribution < 1.29 is 14.3 Å². The van der Waals surface area contributed by atoms with E-state index in [1.54, 1.807) is 29.2 Å². The first kappa shape index (κ1) is 24.0. The van der Waals surface area contributed by atoms with Crippen LogP contribution in [0, 0.1) is 5.82 Å². The highest BCUT2D eigenvalue weighted by atomic mass is 19.1. The van der Waals surface area contributed by atoms with E-state index in [0.717, 1.165) is 38.8 Å². The lowest BCUT2D eigenvalue weighted by Gasteiger charge is -2.43. The van der Waals surface area contributed by atoms with E-state index < -0.39 is 11.9 Å². The van der Waals surface area contributed by atoms with Crippen LogP contribution >= 0.6 is 0 Å². The minimum Gasteiger partial charge on any atom is -0.390 e. The fraction of sp³-hybridized carbons (Fsp3) is 0.414. The minimum atomic E-state index is -0.650. The number of aliphatic hydroxyl groups is 1. The largest absolute Gasteiger partial charge is 0.390 e. The first-order valence-corrected chi connectivity index (χ1v) is 13.2. The number of nitrogens with one attached hydrogen (secondary N) is 1. The van der Waals surface area contributed by atoms with Gasteiger partial charge in [0, 0.05) is 44.3 Å². The summed E-state index contributed by atoms with van der Waals surface area (Å²) < 4.78 is 14.6. The Kier molecular flexibility index (Phi) is 6.61. The zero-order valence-corrected chi connectivity index (χ0v) is 20.8. The highest BCUT2D eigenvalue weighted by Gasteiger charge is 2.36. The molecular formula is C29H32FN5O2. The van der Waals surface area contributed by atoms with Gasteiger partial charge in [0.1, 0.15) is 17.3 Å². The molecule has 37 heavy (non-hydrogen) atoms. The van der Waals surface area contributed by atoms with Crippen molar-refractivity contribution in [2.75, 3.05) is 25.0 Å². The molecule has 2 fully saturated rings. The Morgan fingerprint density at radius 3 is 2.54 bits per heavy atom. The molecule has 3 aromatic rings. The molecule has 1 amide bonds. The standard InChI is InChI=1S/C29H32FN5O2/c30-23-11-4-3-10-22(23)28-32-24(16-27(33-28)31-21-8-5-9-21)29(37)35-15-13-25(26(36)18-35)34-14-12-19-6-1-2-7-20(19)17-34/h1-4,6-7,10-11,16,21,25-26,36H,5,8-9,12-15,17-18H2,(H,31,32,33)/t25-,26-/m1/s1. The van der Waals surface area contributed by atoms with Crippen LogP contribution in [0.2, 0.25) is 0 Å². The number of nitrogens with zero attached hydrogens (tertiary/aromatic N) is 4. The Hall–Kier alpha value is -3.36. The van der Waals surface area contributed by atoms with Crippen LogP contribution < -0.4 is 5.32 Å². The highest BCUT2D eigenvalue weighted by Crippen LogP contribution is 2.28. The van der Waals surface area contributed by atoms with Crippen molar-refractivity contribution in [3.8, 4) is 11.4 Å². The van der Waals surface area contributed by atoms with Crippen molar-refractivity contribution in [3.05, 3.63) is 77.2 Å². The number of rotatable bonds is 5. The van der Waals surface area contributed by atoms with Gasteiger partial charge in [-0.2, -0.15) is 0 Å². The van der Waals surface area contributed by atoms with Crippen molar-refractivity contribution >= 4 is 11.7 Å². The third-order valence-corrected chi connectivity index (χ3v) is 7.98. The van der Waals surface area contributed by atoms with Gasteiger partial charge >= 0.3 is 0 Å². The van der Waals surface area contributed by atoms with E-state index >= 15 is 0 Å². The second-order valence-electron chi connectivity index (χ2n) is 10.4. The van der Waals surface area contributed by atoms with Crippen LogP contribution in [-0.4, -0.2) is 68.6 Å². The number of fused-ring (bicyclic) bond motifs is 1. The van der Waals surface area contributed by atoms with Gasteiger partial charge in [0.25, 0.3) is 5.91 Å². The zero-order chi connectivity index (χ0) is 25.4. The molecule has 0 bridgehead atoms. The van der Waals surface area contributed by atoms with Gasteiger partial charge in [0.05, 0.1) is 11.7 Å². The summed E-state index contributed by atoms with van der Waals surface area (Å²) in [5.74, 6) is 0.0242. The minimum absolute atomic E-state index is 0.00706. The van der Waals surface area contributed by atoms with Crippen molar-refractivity contribution in [1.82, 2.24) is 19.8 Å². The molecule has 192 valence electrons. The normalized spacial score (nSPS) is 22.3. The number of hydrogen-bond donors (Lipinski definition) is 2. The van der Waals surface area contributed by atoms with Gasteiger partial charge in [-0.1, -0.05) is 36.4 Å². The number of β-amino-alcohol motifs (C(OH)–C–C–N with tert-alkyl or cyclic N) is 1. The number of halogens is 1. The average Bonchev–Trinajstić information content (AvgIpc) is 2.90. The molecule has 0 spiro atoms. The van der Waals surface area contributed by atoms with Gasteiger partial charge in [-0.3, -0.25) is 9.69 Å². The molecule has 1 saturated carbocycles. The Bertz CT molecular complexity index is 1300. The molecule has 1 aliphatic carbocycles. The quantitative estimate of drug-likeness (QED) is 0.552. The second kappa shape index (κ2) is 10.2. The van der Waals surface area contributed by atoms with E-state index in [1.165, 1.54) is 17.2 Å². The lowest BCUT2D eigenvalue weighted by Crippen LogP contribution is -2.56. The van der Waals surface area contributed by atoms with E-state index in [1.807, 2.05) is 0 Å². The number of carbonyl (C=O) groups is 1. The molecule has 0 unspecified atom stereocenters. The molecule has 7 nitrogen and oxygen atoms in total. The van der Waals surface area contributed by atoms with Crippen LogP contribution in [0.3, 0.4) is 0 Å². The van der Waals surface area contributed by atoms with Gasteiger partial charge in [-0.25, -0.2) is 14.4 Å². The van der Waals surface area contributed by atoms with Crippen LogP contribution in [0.4, 0.5) is 10.2 Å². The predicted octanol–water partition coefficient (Wildman–Crippen LogP) is 3.88. The monoisotopic (exact) mass is 501 g/mol. The van der Waals surface area contributed by atoms with E-state index in [2.05, 4.69) is 44.5 Å². The third kappa shape index (κ3) is 4.95. The molecule has 8 heteroatoms. The molecule has 2 N–H and O–H groups in total. The van der Waals surface area contributed by atoms with E-state index in [9.17, 15) is 14.3 Å². The molecule has 1 saturated heterocycles. The molecular weight excluding hydrogens is 469 g/mol. The number of benzene rings is 2. The van der Waals surface area contributed by atoms with E-state index in [0.29, 0.717) is 24.8 Å². The van der Waals surface area contributed by atoms with Crippen molar-refractivity contribution in [1.29, 1.82) is 0 Å². The smallest absolute Gasteiger partial charge is 0.272 e. The predicted molar refractivity (Wildman–Crippen MR) is 140 cm³/mol. The lowest BCUT2D eigenvalue weighted by molar-refractivity contribution is -0.0139. The van der Waals surface area contributed by atoms with Crippen molar-refractivity contribution in [2.45, 2.75) is 56.8 Å². The highest BCUT2D eigenvalue weighted by molar-refractivity contribution is 5.93. The van der Waals surface area contributed by atoms with Crippen LogP contribution in [-0.2, 0) is 13.0 Å². The third-order valence-electron chi connectivity index (χ3n) is 7.98. The first-order chi connectivity index (χ1) is 18.0. The van der Waals surface area contributed by atoms with Crippen molar-refractivity contribution in [3.63, 3.8) is 0 Å². The molecule has 1 aromatic heterocycles. The summed E-state index contributed by atoms with van der Waals surface area (Å²) in [6.45, 7) is 2.50. The first-order valence-electron chi connectivity index (χ1n) is 13.2. The molecule has 3 heterocycles. The van der Waals surface area contributed by atoms with E-state index in [-0.39, 0.29) is 35.6 Å². The van der Waals surface area contributed by atoms with Crippen LogP contribution in [0.5, 0.6) is 0 Å². The van der Waals surface area contributed by atoms with Gasteiger partial charge in [-0.05, 0) is 55.4 Å². The summed E-state index contributed by atoms with van der Waals surface area (Å²) >= 11 is 0. The summed E-state index contributed by atoms with van der Waals surface area (Å²) in [7, 11) is 0. The van der Waals surface area contributed by atoms with Crippen LogP contribution in [0.1, 0.15) is 47.3 Å². The fourth-order valence-electron chi connectivity index (χ4n) is 5.65. The Morgan fingerprint density at radius 2 is 1.78 bits per heavy atom. The van der Waals surface area contributed by atoms with Crippen molar-refractivity contribution in [2.24, 2.45) is 0 Å². The number of piperidine rings is 1. The maximum Gasteiger partial charge on any atom is 0.272 e. The molecule has 2 aromatic carbocycles. The number of hydrogen-bond acceptors (Lipinski definition) is 6. The molecule has 6 rings (SSSR count). The lowest BCUT2D eigenvalue weighted by atomic mass is 9.93. The van der Waals surface area contributed by atoms with Crippen LogP contribution in [0.25, 0.3) is 11.4 Å². The number of amides is 1. The van der Waals surface area contributed by atoms with Gasteiger partial charge in [0.2, 0.25) is 0 Å². The maximum atomic E-state index is 14.6. The molecule has 3 aliphatic rings. The number of aliphatic hydroxyl groups excluding tert-OH is 1. The topological polar surface area (TPSA) is 81.6 Å². The van der Waals surface area contributed by atoms with Gasteiger partial charge in [0.15, 0.2) is 5.82 Å². The van der Waals surface area contributed by atoms with Gasteiger partial charge < -0.3 is 15.3 Å². The molecule has 2 atom stereocenters. The van der Waals surface area contributed by atoms with Gasteiger partial charge in [-0.15, -0.1) is 0 Å². The van der Waals surface area contributed by atoms with E-state index in [4.69, 9.17) is 0 Å². The Morgan fingerprint density at radius 1 is 1.00 bits per heavy atom. The number of aromatic nitrogens is 2. The average molecular weight is 502 g/mol. The number of likely N-dealkylation sites (tertiary alicyclic amines) is 1. The fourth-order valence-corrected chi connectivity index (χ4v) is 5.65. The molecule has 2 aliphatic heterocycles. The number of anilines is 1. The Balaban J connectivity index is 1.20. The zero-order valence-electron chi connectivity index (χ0n) is 20.8. The SMILES string of the molecule is O=C(c1cc(NC2CCC2)nc(-c2ccccc2F)n1)N1CC[C@@H](N2CCc3ccccc3C2)[C@H](O)C1. The summed E-state index contributed by atoms with van der Waals surface area (Å²) in [4.78, 5) is 26.6. The Labute approximate surface area is 216 Å². The van der Waals surface area contributed by atoms with Crippen LogP contribution in [0.15, 0.2) is 54.6 Å². The number of carbonyl (C=O) groups excluding carboxylic acids is 1. The summed E-state index contributed by atoms with van der Waals surface area (Å²) in [5.41, 5.74) is 3.17. The molecule has 0 radical (unpaired) electrons. The summed E-state index contributed by atoms with van der Waals surface area (Å²) in [5, 5.41) is 14.5. The summed E-state index contributed by atoms with van der Waals surface area (Å²) in [6.07, 6.45) is 4.26. The second-order valence-corrected chi connectivity index (χ2v) is 10.4. The maximum absolute atomic E-state index is 14.6.